The fourth-order valence-corrected chi connectivity index (χ4v) is 1.66. The molecule has 0 heterocycles. The van der Waals surface area contributed by atoms with Gasteiger partial charge in [0, 0.05) is 12.6 Å². The zero-order valence-electron chi connectivity index (χ0n) is 11.9. The van der Waals surface area contributed by atoms with Crippen LogP contribution in [0.1, 0.15) is 33.1 Å². The molecule has 0 radical (unpaired) electrons. The number of hydrogen-bond acceptors (Lipinski definition) is 3. The third-order valence-electron chi connectivity index (χ3n) is 2.80. The maximum Gasteiger partial charge on any atom is 0.260 e. The molecule has 1 aromatic rings. The quantitative estimate of drug-likeness (QED) is 0.735. The van der Waals surface area contributed by atoms with E-state index in [1.54, 1.807) is 20.1 Å². The zero-order valence-corrected chi connectivity index (χ0v) is 11.9. The van der Waals surface area contributed by atoms with E-state index in [0.717, 1.165) is 19.3 Å². The number of amides is 1. The summed E-state index contributed by atoms with van der Waals surface area (Å²) in [7, 11) is 1.60. The van der Waals surface area contributed by atoms with Crippen LogP contribution in [0.4, 0.5) is 0 Å². The Kier molecular flexibility index (Phi) is 6.79. The third-order valence-corrected chi connectivity index (χ3v) is 2.80. The minimum absolute atomic E-state index is 0.0843. The molecule has 4 nitrogen and oxygen atoms in total. The molecular formula is C15H23NO3. The minimum atomic E-state index is -0.506. The number of nitrogens with one attached hydrogen (secondary N) is 1. The molecule has 1 amide bonds. The van der Waals surface area contributed by atoms with E-state index in [-0.39, 0.29) is 5.91 Å². The molecule has 19 heavy (non-hydrogen) atoms. The molecule has 4 heteroatoms. The van der Waals surface area contributed by atoms with Gasteiger partial charge in [0.2, 0.25) is 0 Å². The van der Waals surface area contributed by atoms with E-state index in [0.29, 0.717) is 18.0 Å². The van der Waals surface area contributed by atoms with Crippen LogP contribution in [0.2, 0.25) is 0 Å². The fraction of sp³-hybridized carbons (Fsp3) is 0.533. The van der Waals surface area contributed by atoms with Gasteiger partial charge in [0.05, 0.1) is 7.11 Å². The van der Waals surface area contributed by atoms with Gasteiger partial charge in [0.25, 0.3) is 5.91 Å². The summed E-state index contributed by atoms with van der Waals surface area (Å²) in [5, 5.41) is 2.87. The lowest BCUT2D eigenvalue weighted by atomic mass is 10.2. The van der Waals surface area contributed by atoms with Crippen LogP contribution in [0.25, 0.3) is 0 Å². The van der Waals surface area contributed by atoms with Crippen LogP contribution in [0, 0.1) is 0 Å². The summed E-state index contributed by atoms with van der Waals surface area (Å²) in [6.45, 7) is 4.59. The smallest absolute Gasteiger partial charge is 0.260 e. The van der Waals surface area contributed by atoms with Gasteiger partial charge in [-0.1, -0.05) is 25.8 Å². The second-order valence-electron chi connectivity index (χ2n) is 4.44. The summed E-state index contributed by atoms with van der Waals surface area (Å²) in [6, 6.07) is 7.24. The summed E-state index contributed by atoms with van der Waals surface area (Å²) in [5.41, 5.74) is 0. The van der Waals surface area contributed by atoms with Gasteiger partial charge in [0.15, 0.2) is 6.10 Å². The van der Waals surface area contributed by atoms with E-state index >= 15 is 0 Å². The normalized spacial score (nSPS) is 11.7. The third kappa shape index (κ3) is 5.64. The van der Waals surface area contributed by atoms with Crippen LogP contribution in [0.3, 0.4) is 0 Å². The van der Waals surface area contributed by atoms with Crippen LogP contribution in [0.15, 0.2) is 24.3 Å². The predicted molar refractivity (Wildman–Crippen MR) is 75.6 cm³/mol. The Labute approximate surface area is 115 Å². The van der Waals surface area contributed by atoms with Gasteiger partial charge >= 0.3 is 0 Å². The second-order valence-corrected chi connectivity index (χ2v) is 4.44. The Bertz CT molecular complexity index is 393. The fourth-order valence-electron chi connectivity index (χ4n) is 1.66. The van der Waals surface area contributed by atoms with Crippen molar-refractivity contribution < 1.29 is 14.3 Å². The molecule has 0 fully saturated rings. The lowest BCUT2D eigenvalue weighted by Gasteiger charge is -2.15. The lowest BCUT2D eigenvalue weighted by Crippen LogP contribution is -2.36. The van der Waals surface area contributed by atoms with Crippen molar-refractivity contribution in [1.82, 2.24) is 5.32 Å². The molecule has 0 saturated carbocycles. The molecule has 0 aliphatic carbocycles. The van der Waals surface area contributed by atoms with Crippen molar-refractivity contribution in [2.24, 2.45) is 0 Å². The molecule has 0 aliphatic rings. The standard InChI is InChI=1S/C15H23NO3/c1-4-5-6-10-16-15(17)12(2)19-14-9-7-8-13(11-14)18-3/h7-9,11-12H,4-6,10H2,1-3H3,(H,16,17)/t12-/m1/s1. The summed E-state index contributed by atoms with van der Waals surface area (Å²) < 4.78 is 10.7. The summed E-state index contributed by atoms with van der Waals surface area (Å²) in [5.74, 6) is 1.27. The molecule has 0 spiro atoms. The van der Waals surface area contributed by atoms with Gasteiger partial charge in [-0.3, -0.25) is 4.79 Å². The topological polar surface area (TPSA) is 47.6 Å². The maximum atomic E-state index is 11.8. The van der Waals surface area contributed by atoms with Crippen molar-refractivity contribution >= 4 is 5.91 Å². The zero-order chi connectivity index (χ0) is 14.1. The summed E-state index contributed by atoms with van der Waals surface area (Å²) in [4.78, 5) is 11.8. The number of ether oxygens (including phenoxy) is 2. The number of rotatable bonds is 8. The molecule has 1 N–H and O–H groups in total. The molecule has 1 rings (SSSR count). The first-order valence-corrected chi connectivity index (χ1v) is 6.75. The van der Waals surface area contributed by atoms with Crippen molar-refractivity contribution in [3.8, 4) is 11.5 Å². The van der Waals surface area contributed by atoms with Crippen molar-refractivity contribution in [3.63, 3.8) is 0 Å². The number of carbonyl (C=O) groups is 1. The highest BCUT2D eigenvalue weighted by atomic mass is 16.5. The Balaban J connectivity index is 2.40. The average Bonchev–Trinajstić information content (AvgIpc) is 2.43. The first kappa shape index (κ1) is 15.3. The second kappa shape index (κ2) is 8.40. The largest absolute Gasteiger partial charge is 0.497 e. The van der Waals surface area contributed by atoms with Crippen LogP contribution in [-0.2, 0) is 4.79 Å². The number of carbonyl (C=O) groups excluding carboxylic acids is 1. The molecule has 106 valence electrons. The van der Waals surface area contributed by atoms with Gasteiger partial charge in [0.1, 0.15) is 11.5 Å². The van der Waals surface area contributed by atoms with E-state index in [2.05, 4.69) is 12.2 Å². The Morgan fingerprint density at radius 1 is 1.32 bits per heavy atom. The minimum Gasteiger partial charge on any atom is -0.497 e. The average molecular weight is 265 g/mol. The first-order chi connectivity index (χ1) is 9.17. The maximum absolute atomic E-state index is 11.8. The summed E-state index contributed by atoms with van der Waals surface area (Å²) in [6.07, 6.45) is 2.78. The highest BCUT2D eigenvalue weighted by Crippen LogP contribution is 2.19. The highest BCUT2D eigenvalue weighted by Gasteiger charge is 2.13. The van der Waals surface area contributed by atoms with Crippen LogP contribution >= 0.6 is 0 Å². The van der Waals surface area contributed by atoms with E-state index in [1.807, 2.05) is 18.2 Å². The van der Waals surface area contributed by atoms with Gasteiger partial charge in [-0.25, -0.2) is 0 Å². The molecule has 1 aromatic carbocycles. The van der Waals surface area contributed by atoms with E-state index in [9.17, 15) is 4.79 Å². The van der Waals surface area contributed by atoms with Crippen molar-refractivity contribution in [1.29, 1.82) is 0 Å². The molecule has 0 aliphatic heterocycles. The van der Waals surface area contributed by atoms with E-state index in [1.165, 1.54) is 0 Å². The SMILES string of the molecule is CCCCCNC(=O)[C@@H](C)Oc1cccc(OC)c1. The molecule has 0 saturated heterocycles. The van der Waals surface area contributed by atoms with Gasteiger partial charge < -0.3 is 14.8 Å². The number of methoxy groups -OCH3 is 1. The number of benzene rings is 1. The number of hydrogen-bond donors (Lipinski definition) is 1. The number of unbranched alkanes of at least 4 members (excludes halogenated alkanes) is 2. The van der Waals surface area contributed by atoms with Gasteiger partial charge in [-0.15, -0.1) is 0 Å². The van der Waals surface area contributed by atoms with Gasteiger partial charge in [-0.2, -0.15) is 0 Å². The predicted octanol–water partition coefficient (Wildman–Crippen LogP) is 2.77. The molecule has 0 unspecified atom stereocenters. The Hall–Kier alpha value is -1.71. The van der Waals surface area contributed by atoms with Crippen LogP contribution in [-0.4, -0.2) is 25.7 Å². The molecular weight excluding hydrogens is 242 g/mol. The Morgan fingerprint density at radius 3 is 2.74 bits per heavy atom. The first-order valence-electron chi connectivity index (χ1n) is 6.75. The van der Waals surface area contributed by atoms with Gasteiger partial charge in [-0.05, 0) is 25.5 Å². The Morgan fingerprint density at radius 2 is 2.05 bits per heavy atom. The van der Waals surface area contributed by atoms with Crippen LogP contribution < -0.4 is 14.8 Å². The van der Waals surface area contributed by atoms with Crippen LogP contribution in [0.5, 0.6) is 11.5 Å². The summed E-state index contributed by atoms with van der Waals surface area (Å²) >= 11 is 0. The highest BCUT2D eigenvalue weighted by molar-refractivity contribution is 5.80. The van der Waals surface area contributed by atoms with E-state index < -0.39 is 6.10 Å². The van der Waals surface area contributed by atoms with E-state index in [4.69, 9.17) is 9.47 Å². The molecule has 0 bridgehead atoms. The van der Waals surface area contributed by atoms with Crippen molar-refractivity contribution in [2.45, 2.75) is 39.2 Å². The molecule has 0 aromatic heterocycles. The van der Waals surface area contributed by atoms with Crippen molar-refractivity contribution in [3.05, 3.63) is 24.3 Å². The lowest BCUT2D eigenvalue weighted by molar-refractivity contribution is -0.127. The van der Waals surface area contributed by atoms with Crippen molar-refractivity contribution in [2.75, 3.05) is 13.7 Å². The monoisotopic (exact) mass is 265 g/mol. The molecule has 1 atom stereocenters.